The minimum atomic E-state index is 0.315. The molecule has 0 aromatic carbocycles. The lowest BCUT2D eigenvalue weighted by Crippen LogP contribution is -2.33. The number of hydrogen-bond donors (Lipinski definition) is 1. The molecule has 1 heterocycles. The first-order chi connectivity index (χ1) is 6.65. The Labute approximate surface area is 84.9 Å². The quantitative estimate of drug-likeness (QED) is 0.782. The van der Waals surface area contributed by atoms with Crippen LogP contribution < -0.4 is 5.32 Å². The number of hydrogen-bond acceptors (Lipinski definition) is 3. The van der Waals surface area contributed by atoms with Crippen molar-refractivity contribution in [1.29, 1.82) is 0 Å². The van der Waals surface area contributed by atoms with E-state index in [0.29, 0.717) is 11.3 Å². The molecule has 0 saturated heterocycles. The fraction of sp³-hybridized carbons (Fsp3) is 0.727. The van der Waals surface area contributed by atoms with E-state index in [0.717, 1.165) is 18.7 Å². The topological polar surface area (TPSA) is 38.1 Å². The number of nitrogens with zero attached hydrogens (tertiary/aromatic N) is 1. The van der Waals surface area contributed by atoms with Crippen LogP contribution in [0.4, 0.5) is 0 Å². The Hall–Kier alpha value is -0.830. The van der Waals surface area contributed by atoms with Crippen molar-refractivity contribution in [1.82, 2.24) is 10.5 Å². The Morgan fingerprint density at radius 3 is 3.14 bits per heavy atom. The third-order valence-electron chi connectivity index (χ3n) is 3.38. The fourth-order valence-corrected chi connectivity index (χ4v) is 2.30. The fourth-order valence-electron chi connectivity index (χ4n) is 2.30. The number of aromatic nitrogens is 1. The highest BCUT2D eigenvalue weighted by molar-refractivity contribution is 5.24. The van der Waals surface area contributed by atoms with Gasteiger partial charge in [0.25, 0.3) is 0 Å². The molecule has 1 unspecified atom stereocenters. The van der Waals surface area contributed by atoms with Gasteiger partial charge in [-0.25, -0.2) is 0 Å². The van der Waals surface area contributed by atoms with Crippen LogP contribution in [-0.4, -0.2) is 18.7 Å². The Balaban J connectivity index is 2.33. The molecule has 0 fully saturated rings. The highest BCUT2D eigenvalue weighted by atomic mass is 16.5. The first-order valence-corrected chi connectivity index (χ1v) is 5.23. The smallest absolute Gasteiger partial charge is 0.144 e. The second-order valence-corrected chi connectivity index (χ2v) is 4.81. The molecule has 14 heavy (non-hydrogen) atoms. The summed E-state index contributed by atoms with van der Waals surface area (Å²) in [4.78, 5) is 0. The summed E-state index contributed by atoms with van der Waals surface area (Å²) in [6.07, 6.45) is 4.19. The van der Waals surface area contributed by atoms with Crippen LogP contribution >= 0.6 is 0 Å². The van der Waals surface area contributed by atoms with E-state index in [4.69, 9.17) is 4.52 Å². The summed E-state index contributed by atoms with van der Waals surface area (Å²) in [5.41, 5.74) is 1.61. The Kier molecular flexibility index (Phi) is 2.35. The maximum Gasteiger partial charge on any atom is 0.144 e. The summed E-state index contributed by atoms with van der Waals surface area (Å²) >= 11 is 0. The summed E-state index contributed by atoms with van der Waals surface area (Å²) < 4.78 is 5.37. The molecule has 1 aromatic rings. The van der Waals surface area contributed by atoms with Gasteiger partial charge in [0, 0.05) is 18.0 Å². The van der Waals surface area contributed by atoms with E-state index in [1.54, 1.807) is 0 Å². The monoisotopic (exact) mass is 194 g/mol. The highest BCUT2D eigenvalue weighted by Gasteiger charge is 2.38. The van der Waals surface area contributed by atoms with Gasteiger partial charge in [-0.3, -0.25) is 0 Å². The Bertz CT molecular complexity index is 317. The maximum absolute atomic E-state index is 5.37. The molecule has 3 heteroatoms. The van der Waals surface area contributed by atoms with E-state index >= 15 is 0 Å². The molecule has 0 radical (unpaired) electrons. The molecule has 2 rings (SSSR count). The summed E-state index contributed by atoms with van der Waals surface area (Å²) in [5, 5.41) is 7.14. The van der Waals surface area contributed by atoms with Gasteiger partial charge in [-0.1, -0.05) is 19.0 Å². The van der Waals surface area contributed by atoms with Crippen molar-refractivity contribution in [3.63, 3.8) is 0 Å². The molecule has 78 valence electrons. The molecule has 0 amide bonds. The first-order valence-electron chi connectivity index (χ1n) is 5.23. The van der Waals surface area contributed by atoms with Crippen molar-refractivity contribution < 1.29 is 4.52 Å². The van der Waals surface area contributed by atoms with Crippen molar-refractivity contribution in [3.05, 3.63) is 17.5 Å². The van der Waals surface area contributed by atoms with Gasteiger partial charge in [-0.2, -0.15) is 0 Å². The SMILES string of the molecule is CNCC1c2oncc2CCC1(C)C. The average molecular weight is 194 g/mol. The third-order valence-corrected chi connectivity index (χ3v) is 3.38. The van der Waals surface area contributed by atoms with Gasteiger partial charge in [0.1, 0.15) is 5.76 Å². The molecule has 3 nitrogen and oxygen atoms in total. The maximum atomic E-state index is 5.37. The van der Waals surface area contributed by atoms with Crippen LogP contribution in [0.1, 0.15) is 37.5 Å². The zero-order valence-electron chi connectivity index (χ0n) is 9.13. The number of aryl methyl sites for hydroxylation is 1. The zero-order valence-corrected chi connectivity index (χ0v) is 9.13. The lowest BCUT2D eigenvalue weighted by molar-refractivity contribution is 0.199. The molecule has 1 N–H and O–H groups in total. The molecule has 1 aliphatic rings. The largest absolute Gasteiger partial charge is 0.361 e. The van der Waals surface area contributed by atoms with Gasteiger partial charge in [0.2, 0.25) is 0 Å². The third kappa shape index (κ3) is 1.46. The van der Waals surface area contributed by atoms with Crippen LogP contribution in [0.3, 0.4) is 0 Å². The number of rotatable bonds is 2. The lowest BCUT2D eigenvalue weighted by Gasteiger charge is -2.36. The van der Waals surface area contributed by atoms with Crippen molar-refractivity contribution in [2.75, 3.05) is 13.6 Å². The van der Waals surface area contributed by atoms with Gasteiger partial charge >= 0.3 is 0 Å². The summed E-state index contributed by atoms with van der Waals surface area (Å²) in [6.45, 7) is 5.58. The number of nitrogens with one attached hydrogen (secondary N) is 1. The lowest BCUT2D eigenvalue weighted by atomic mass is 9.69. The number of likely N-dealkylation sites (N-methyl/N-ethyl adjacent to an activating group) is 1. The predicted molar refractivity (Wildman–Crippen MR) is 55.3 cm³/mol. The summed E-state index contributed by atoms with van der Waals surface area (Å²) in [5.74, 6) is 1.55. The summed E-state index contributed by atoms with van der Waals surface area (Å²) in [7, 11) is 1.99. The molecule has 0 bridgehead atoms. The van der Waals surface area contributed by atoms with E-state index in [2.05, 4.69) is 24.3 Å². The normalized spacial score (nSPS) is 24.6. The summed E-state index contributed by atoms with van der Waals surface area (Å²) in [6, 6.07) is 0. The van der Waals surface area contributed by atoms with E-state index < -0.39 is 0 Å². The van der Waals surface area contributed by atoms with Crippen molar-refractivity contribution in [2.24, 2.45) is 5.41 Å². The van der Waals surface area contributed by atoms with E-state index in [-0.39, 0.29) is 0 Å². The minimum absolute atomic E-state index is 0.315. The van der Waals surface area contributed by atoms with Gasteiger partial charge in [-0.15, -0.1) is 0 Å². The van der Waals surface area contributed by atoms with Crippen LogP contribution in [0.25, 0.3) is 0 Å². The van der Waals surface area contributed by atoms with Gasteiger partial charge in [0.05, 0.1) is 6.20 Å². The Morgan fingerprint density at radius 1 is 1.64 bits per heavy atom. The van der Waals surface area contributed by atoms with Crippen LogP contribution in [-0.2, 0) is 6.42 Å². The molecule has 0 spiro atoms. The second-order valence-electron chi connectivity index (χ2n) is 4.81. The van der Waals surface area contributed by atoms with E-state index in [9.17, 15) is 0 Å². The van der Waals surface area contributed by atoms with Crippen molar-refractivity contribution in [3.8, 4) is 0 Å². The molecule has 1 atom stereocenters. The van der Waals surface area contributed by atoms with E-state index in [1.165, 1.54) is 12.0 Å². The van der Waals surface area contributed by atoms with Crippen molar-refractivity contribution >= 4 is 0 Å². The standard InChI is InChI=1S/C11H18N2O/c1-11(2)5-4-8-6-13-14-10(8)9(11)7-12-3/h6,9,12H,4-5,7H2,1-3H3. The van der Waals surface area contributed by atoms with Crippen LogP contribution in [0.15, 0.2) is 10.7 Å². The number of fused-ring (bicyclic) bond motifs is 1. The molecule has 0 aliphatic heterocycles. The average Bonchev–Trinajstić information content (AvgIpc) is 2.58. The molecule has 1 aliphatic carbocycles. The van der Waals surface area contributed by atoms with Crippen LogP contribution in [0, 0.1) is 5.41 Å². The van der Waals surface area contributed by atoms with E-state index in [1.807, 2.05) is 13.2 Å². The van der Waals surface area contributed by atoms with Gasteiger partial charge < -0.3 is 9.84 Å². The van der Waals surface area contributed by atoms with Crippen LogP contribution in [0.2, 0.25) is 0 Å². The van der Waals surface area contributed by atoms with Gasteiger partial charge in [0.15, 0.2) is 0 Å². The van der Waals surface area contributed by atoms with Crippen LogP contribution in [0.5, 0.6) is 0 Å². The molecule has 1 aromatic heterocycles. The highest BCUT2D eigenvalue weighted by Crippen LogP contribution is 2.44. The first kappa shape index (κ1) is 9.71. The molecular weight excluding hydrogens is 176 g/mol. The molecular formula is C11H18N2O. The minimum Gasteiger partial charge on any atom is -0.361 e. The predicted octanol–water partition coefficient (Wildman–Crippen LogP) is 1.95. The second kappa shape index (κ2) is 3.39. The zero-order chi connectivity index (χ0) is 10.2. The van der Waals surface area contributed by atoms with Gasteiger partial charge in [-0.05, 0) is 25.3 Å². The van der Waals surface area contributed by atoms with Crippen molar-refractivity contribution in [2.45, 2.75) is 32.6 Å². The molecule has 0 saturated carbocycles. The Morgan fingerprint density at radius 2 is 2.43 bits per heavy atom.